The average molecular weight is 409 g/mol. The Morgan fingerprint density at radius 1 is 1.00 bits per heavy atom. The van der Waals surface area contributed by atoms with Gasteiger partial charge in [0.05, 0.1) is 0 Å². The fourth-order valence-corrected chi connectivity index (χ4v) is 6.13. The van der Waals surface area contributed by atoms with E-state index in [0.717, 1.165) is 47.3 Å². The van der Waals surface area contributed by atoms with Gasteiger partial charge in [0, 0.05) is 5.25 Å². The Kier molecular flexibility index (Phi) is 5.03. The molecule has 0 saturated carbocycles. The third-order valence-corrected chi connectivity index (χ3v) is 7.66. The van der Waals surface area contributed by atoms with Crippen LogP contribution in [0.2, 0.25) is 0 Å². The minimum atomic E-state index is -2.09. The SMILES string of the molecule is Cc1ccc2c(c1C)C(C1CCCCS1)=C(c1ccccc1)C2(C(=O)O)C(=O)O. The van der Waals surface area contributed by atoms with E-state index in [9.17, 15) is 19.8 Å². The summed E-state index contributed by atoms with van der Waals surface area (Å²) in [6.45, 7) is 3.97. The van der Waals surface area contributed by atoms with Crippen molar-refractivity contribution in [1.29, 1.82) is 0 Å². The zero-order chi connectivity index (χ0) is 20.8. The van der Waals surface area contributed by atoms with E-state index in [2.05, 4.69) is 0 Å². The van der Waals surface area contributed by atoms with E-state index in [0.29, 0.717) is 16.7 Å². The molecule has 4 rings (SSSR count). The van der Waals surface area contributed by atoms with Gasteiger partial charge in [-0.15, -0.1) is 0 Å². The highest BCUT2D eigenvalue weighted by Gasteiger charge is 2.59. The molecule has 0 spiro atoms. The summed E-state index contributed by atoms with van der Waals surface area (Å²) in [4.78, 5) is 25.4. The minimum absolute atomic E-state index is 0.0961. The molecule has 29 heavy (non-hydrogen) atoms. The van der Waals surface area contributed by atoms with Crippen LogP contribution in [0.15, 0.2) is 42.5 Å². The maximum absolute atomic E-state index is 12.7. The first-order valence-corrected chi connectivity index (χ1v) is 10.9. The Bertz CT molecular complexity index is 1000. The smallest absolute Gasteiger partial charge is 0.330 e. The van der Waals surface area contributed by atoms with Crippen LogP contribution < -0.4 is 0 Å². The quantitative estimate of drug-likeness (QED) is 0.703. The van der Waals surface area contributed by atoms with Crippen molar-refractivity contribution in [1.82, 2.24) is 0 Å². The summed E-state index contributed by atoms with van der Waals surface area (Å²) < 4.78 is 0. The van der Waals surface area contributed by atoms with Gasteiger partial charge < -0.3 is 10.2 Å². The number of aryl methyl sites for hydroxylation is 1. The van der Waals surface area contributed by atoms with Crippen LogP contribution in [-0.2, 0) is 15.0 Å². The molecule has 1 heterocycles. The van der Waals surface area contributed by atoms with Crippen LogP contribution >= 0.6 is 11.8 Å². The fourth-order valence-electron chi connectivity index (χ4n) is 4.74. The van der Waals surface area contributed by atoms with Crippen LogP contribution in [0.1, 0.15) is 47.1 Å². The van der Waals surface area contributed by atoms with E-state index in [1.165, 1.54) is 0 Å². The maximum atomic E-state index is 12.7. The summed E-state index contributed by atoms with van der Waals surface area (Å²) in [5, 5.41) is 20.8. The lowest BCUT2D eigenvalue weighted by molar-refractivity contribution is -0.153. The molecular weight excluding hydrogens is 384 g/mol. The number of fused-ring (bicyclic) bond motifs is 1. The topological polar surface area (TPSA) is 74.6 Å². The molecule has 1 unspecified atom stereocenters. The van der Waals surface area contributed by atoms with Gasteiger partial charge in [0.2, 0.25) is 5.41 Å². The molecule has 2 aliphatic rings. The predicted octanol–water partition coefficient (Wildman–Crippen LogP) is 4.92. The second kappa shape index (κ2) is 7.38. The number of hydrogen-bond donors (Lipinski definition) is 2. The third-order valence-electron chi connectivity index (χ3n) is 6.26. The van der Waals surface area contributed by atoms with Crippen molar-refractivity contribution in [2.45, 2.75) is 43.8 Å². The molecular formula is C24H24O4S. The van der Waals surface area contributed by atoms with Gasteiger partial charge in [-0.05, 0) is 71.4 Å². The number of rotatable bonds is 4. The zero-order valence-electron chi connectivity index (χ0n) is 16.6. The molecule has 5 heteroatoms. The molecule has 150 valence electrons. The molecule has 2 aromatic carbocycles. The molecule has 4 nitrogen and oxygen atoms in total. The minimum Gasteiger partial charge on any atom is -0.480 e. The van der Waals surface area contributed by atoms with Crippen molar-refractivity contribution >= 4 is 34.8 Å². The van der Waals surface area contributed by atoms with Gasteiger partial charge in [0.25, 0.3) is 0 Å². The highest BCUT2D eigenvalue weighted by Crippen LogP contribution is 2.56. The van der Waals surface area contributed by atoms with Crippen molar-refractivity contribution in [2.75, 3.05) is 5.75 Å². The molecule has 1 aliphatic carbocycles. The number of carboxylic acids is 2. The lowest BCUT2D eigenvalue weighted by Gasteiger charge is -2.28. The summed E-state index contributed by atoms with van der Waals surface area (Å²) in [6.07, 6.45) is 3.13. The molecule has 1 fully saturated rings. The molecule has 1 saturated heterocycles. The molecule has 1 atom stereocenters. The van der Waals surface area contributed by atoms with Crippen LogP contribution in [-0.4, -0.2) is 33.2 Å². The van der Waals surface area contributed by atoms with Crippen LogP contribution in [0.25, 0.3) is 11.1 Å². The summed E-state index contributed by atoms with van der Waals surface area (Å²) in [5.74, 6) is -1.66. The summed E-state index contributed by atoms with van der Waals surface area (Å²) in [6, 6.07) is 12.7. The van der Waals surface area contributed by atoms with E-state index < -0.39 is 17.4 Å². The van der Waals surface area contributed by atoms with Crippen molar-refractivity contribution in [3.8, 4) is 0 Å². The van der Waals surface area contributed by atoms with E-state index in [4.69, 9.17) is 0 Å². The van der Waals surface area contributed by atoms with Gasteiger partial charge in [0.15, 0.2) is 0 Å². The molecule has 0 bridgehead atoms. The van der Waals surface area contributed by atoms with Gasteiger partial charge in [-0.1, -0.05) is 48.9 Å². The number of hydrogen-bond acceptors (Lipinski definition) is 3. The average Bonchev–Trinajstić information content (AvgIpc) is 3.05. The Labute approximate surface area is 174 Å². The van der Waals surface area contributed by atoms with E-state index in [-0.39, 0.29) is 5.25 Å². The van der Waals surface area contributed by atoms with Gasteiger partial charge in [-0.2, -0.15) is 11.8 Å². The predicted molar refractivity (Wildman–Crippen MR) is 116 cm³/mol. The second-order valence-electron chi connectivity index (χ2n) is 7.80. The maximum Gasteiger partial charge on any atom is 0.330 e. The summed E-state index contributed by atoms with van der Waals surface area (Å²) >= 11 is 1.82. The first kappa shape index (κ1) is 19.8. The summed E-state index contributed by atoms with van der Waals surface area (Å²) in [7, 11) is 0. The van der Waals surface area contributed by atoms with Crippen LogP contribution in [0, 0.1) is 13.8 Å². The number of carboxylic acid groups (broad SMARTS) is 2. The highest BCUT2D eigenvalue weighted by molar-refractivity contribution is 8.00. The van der Waals surface area contributed by atoms with Crippen molar-refractivity contribution < 1.29 is 19.8 Å². The largest absolute Gasteiger partial charge is 0.480 e. The lowest BCUT2D eigenvalue weighted by atomic mass is 9.74. The van der Waals surface area contributed by atoms with Crippen molar-refractivity contribution in [3.05, 3.63) is 70.3 Å². The normalized spacial score (nSPS) is 20.4. The molecule has 0 amide bonds. The van der Waals surface area contributed by atoms with E-state index in [1.807, 2.05) is 62.0 Å². The van der Waals surface area contributed by atoms with Crippen molar-refractivity contribution in [3.63, 3.8) is 0 Å². The van der Waals surface area contributed by atoms with E-state index in [1.54, 1.807) is 6.07 Å². The Balaban J connectivity index is 2.16. The number of carbonyl (C=O) groups is 2. The fraction of sp³-hybridized carbons (Fsp3) is 0.333. The molecule has 1 aliphatic heterocycles. The molecule has 2 aromatic rings. The van der Waals surface area contributed by atoms with Gasteiger partial charge in [-0.25, -0.2) is 0 Å². The summed E-state index contributed by atoms with van der Waals surface area (Å²) in [5.41, 5.74) is 3.15. The van der Waals surface area contributed by atoms with Crippen LogP contribution in [0.5, 0.6) is 0 Å². The van der Waals surface area contributed by atoms with Gasteiger partial charge >= 0.3 is 11.9 Å². The molecule has 0 radical (unpaired) electrons. The highest BCUT2D eigenvalue weighted by atomic mass is 32.2. The van der Waals surface area contributed by atoms with Gasteiger partial charge in [0.1, 0.15) is 0 Å². The number of thioether (sulfide) groups is 1. The van der Waals surface area contributed by atoms with Crippen LogP contribution in [0.4, 0.5) is 0 Å². The second-order valence-corrected chi connectivity index (χ2v) is 9.11. The Morgan fingerprint density at radius 2 is 1.69 bits per heavy atom. The van der Waals surface area contributed by atoms with Crippen molar-refractivity contribution in [2.24, 2.45) is 0 Å². The first-order valence-electron chi connectivity index (χ1n) is 9.90. The monoisotopic (exact) mass is 408 g/mol. The van der Waals surface area contributed by atoms with Gasteiger partial charge in [-0.3, -0.25) is 9.59 Å². The zero-order valence-corrected chi connectivity index (χ0v) is 17.4. The number of aliphatic carboxylic acids is 2. The Hall–Kier alpha value is -2.53. The lowest BCUT2D eigenvalue weighted by Crippen LogP contribution is -2.43. The van der Waals surface area contributed by atoms with Crippen LogP contribution in [0.3, 0.4) is 0 Å². The Morgan fingerprint density at radius 3 is 2.28 bits per heavy atom. The molecule has 2 N–H and O–H groups in total. The standard InChI is InChI=1S/C24H24O4S/c1-14-11-12-17-19(15(14)2)20(18-10-6-7-13-29-18)21(16-8-4-3-5-9-16)24(17,22(25)26)23(27)28/h3-5,8-9,11-12,18H,6-7,10,13H2,1-2H3,(H,25,26)(H,27,28). The first-order chi connectivity index (χ1) is 13.9. The molecule has 0 aromatic heterocycles. The van der Waals surface area contributed by atoms with E-state index >= 15 is 0 Å². The third kappa shape index (κ3) is 2.83. The number of benzene rings is 2.